The van der Waals surface area contributed by atoms with Gasteiger partial charge in [0.2, 0.25) is 0 Å². The largest absolute Gasteiger partial charge is 0.469 e. The first-order chi connectivity index (χ1) is 7.70. The van der Waals surface area contributed by atoms with E-state index in [1.807, 2.05) is 24.3 Å². The van der Waals surface area contributed by atoms with Crippen molar-refractivity contribution in [2.24, 2.45) is 5.92 Å². The van der Waals surface area contributed by atoms with E-state index in [4.69, 9.17) is 16.3 Å². The smallest absolute Gasteiger partial charge is 0.310 e. The summed E-state index contributed by atoms with van der Waals surface area (Å²) in [7, 11) is 1.43. The third-order valence-electron chi connectivity index (χ3n) is 2.90. The fourth-order valence-corrected chi connectivity index (χ4v) is 2.21. The maximum absolute atomic E-state index is 11.4. The van der Waals surface area contributed by atoms with Gasteiger partial charge in [0.15, 0.2) is 0 Å². The third-order valence-corrected chi connectivity index (χ3v) is 3.13. The van der Waals surface area contributed by atoms with Crippen molar-refractivity contribution in [3.63, 3.8) is 0 Å². The first kappa shape index (κ1) is 11.3. The van der Waals surface area contributed by atoms with Gasteiger partial charge in [-0.2, -0.15) is 0 Å². The molecule has 0 aromatic heterocycles. The van der Waals surface area contributed by atoms with Gasteiger partial charge in [-0.25, -0.2) is 0 Å². The van der Waals surface area contributed by atoms with Gasteiger partial charge in [0, 0.05) is 23.8 Å². The number of rotatable bonds is 2. The standard InChI is InChI=1S/C12H14ClNO2/c1-16-12(15)9-5-6-14(8-9)11-4-2-3-10(13)7-11/h2-4,7,9H,5-6,8H2,1H3/t9-/m0/s1. The van der Waals surface area contributed by atoms with Gasteiger partial charge in [0.1, 0.15) is 0 Å². The van der Waals surface area contributed by atoms with Crippen LogP contribution in [0, 0.1) is 5.92 Å². The molecule has 1 aromatic rings. The number of ether oxygens (including phenoxy) is 1. The summed E-state index contributed by atoms with van der Waals surface area (Å²) in [4.78, 5) is 13.5. The van der Waals surface area contributed by atoms with Crippen LogP contribution in [0.25, 0.3) is 0 Å². The summed E-state index contributed by atoms with van der Waals surface area (Å²) in [6.07, 6.45) is 0.846. The number of hydrogen-bond donors (Lipinski definition) is 0. The van der Waals surface area contributed by atoms with Crippen LogP contribution in [0.4, 0.5) is 5.69 Å². The molecule has 2 rings (SSSR count). The number of nitrogens with zero attached hydrogens (tertiary/aromatic N) is 1. The summed E-state index contributed by atoms with van der Waals surface area (Å²) in [5, 5.41) is 0.721. The Hall–Kier alpha value is -1.22. The van der Waals surface area contributed by atoms with Gasteiger partial charge in [-0.3, -0.25) is 4.79 Å². The molecule has 0 aliphatic carbocycles. The van der Waals surface area contributed by atoms with Crippen LogP contribution in [0.3, 0.4) is 0 Å². The highest BCUT2D eigenvalue weighted by Crippen LogP contribution is 2.26. The molecule has 0 saturated carbocycles. The number of anilines is 1. The minimum atomic E-state index is -0.121. The van der Waals surface area contributed by atoms with Crippen molar-refractivity contribution in [1.82, 2.24) is 0 Å². The van der Waals surface area contributed by atoms with Gasteiger partial charge < -0.3 is 9.64 Å². The van der Waals surface area contributed by atoms with E-state index in [1.54, 1.807) is 0 Å². The summed E-state index contributed by atoms with van der Waals surface area (Å²) in [6.45, 7) is 1.59. The highest BCUT2D eigenvalue weighted by atomic mass is 35.5. The van der Waals surface area contributed by atoms with E-state index >= 15 is 0 Å². The van der Waals surface area contributed by atoms with E-state index in [2.05, 4.69) is 4.90 Å². The Morgan fingerprint density at radius 1 is 1.56 bits per heavy atom. The SMILES string of the molecule is COC(=O)[C@H]1CCN(c2cccc(Cl)c2)C1. The van der Waals surface area contributed by atoms with E-state index in [1.165, 1.54) is 7.11 Å². The van der Waals surface area contributed by atoms with Gasteiger partial charge >= 0.3 is 5.97 Å². The summed E-state index contributed by atoms with van der Waals surface area (Å²) < 4.78 is 4.75. The molecule has 1 aliphatic rings. The van der Waals surface area contributed by atoms with Crippen LogP contribution < -0.4 is 4.90 Å². The van der Waals surface area contributed by atoms with Crippen molar-refractivity contribution in [2.75, 3.05) is 25.1 Å². The zero-order valence-corrected chi connectivity index (χ0v) is 9.91. The number of carbonyl (C=O) groups excluding carboxylic acids is 1. The Kier molecular flexibility index (Phi) is 3.34. The molecule has 1 saturated heterocycles. The molecule has 0 spiro atoms. The first-order valence-corrected chi connectivity index (χ1v) is 5.67. The maximum Gasteiger partial charge on any atom is 0.310 e. The number of halogens is 1. The van der Waals surface area contributed by atoms with E-state index in [0.29, 0.717) is 6.54 Å². The van der Waals surface area contributed by atoms with Gasteiger partial charge in [-0.1, -0.05) is 17.7 Å². The highest BCUT2D eigenvalue weighted by molar-refractivity contribution is 6.30. The first-order valence-electron chi connectivity index (χ1n) is 5.29. The molecule has 1 aromatic carbocycles. The number of carbonyl (C=O) groups is 1. The molecule has 0 amide bonds. The Morgan fingerprint density at radius 3 is 3.06 bits per heavy atom. The minimum Gasteiger partial charge on any atom is -0.469 e. The summed E-state index contributed by atoms with van der Waals surface area (Å²) in [5.41, 5.74) is 1.07. The minimum absolute atomic E-state index is 0.0102. The average molecular weight is 240 g/mol. The normalized spacial score (nSPS) is 19.9. The van der Waals surface area contributed by atoms with Crippen molar-refractivity contribution in [2.45, 2.75) is 6.42 Å². The predicted octanol–water partition coefficient (Wildman–Crippen LogP) is 2.34. The van der Waals surface area contributed by atoms with E-state index in [0.717, 1.165) is 23.7 Å². The fourth-order valence-electron chi connectivity index (χ4n) is 2.03. The highest BCUT2D eigenvalue weighted by Gasteiger charge is 2.29. The molecular formula is C12H14ClNO2. The molecule has 1 heterocycles. The summed E-state index contributed by atoms with van der Waals surface area (Å²) in [6, 6.07) is 7.69. The lowest BCUT2D eigenvalue weighted by Gasteiger charge is -2.18. The number of benzene rings is 1. The van der Waals surface area contributed by atoms with Crippen LogP contribution in [0.5, 0.6) is 0 Å². The molecule has 0 bridgehead atoms. The summed E-state index contributed by atoms with van der Waals surface area (Å²) in [5.74, 6) is -0.131. The Morgan fingerprint density at radius 2 is 2.38 bits per heavy atom. The number of methoxy groups -OCH3 is 1. The van der Waals surface area contributed by atoms with Crippen molar-refractivity contribution < 1.29 is 9.53 Å². The predicted molar refractivity (Wildman–Crippen MR) is 63.8 cm³/mol. The van der Waals surface area contributed by atoms with E-state index < -0.39 is 0 Å². The third kappa shape index (κ3) is 2.30. The monoisotopic (exact) mass is 239 g/mol. The molecule has 1 aliphatic heterocycles. The molecular weight excluding hydrogens is 226 g/mol. The van der Waals surface area contributed by atoms with Gasteiger partial charge in [0.25, 0.3) is 0 Å². The molecule has 0 unspecified atom stereocenters. The molecule has 1 fully saturated rings. The quantitative estimate of drug-likeness (QED) is 0.742. The Labute approximate surface area is 100.0 Å². The number of hydrogen-bond acceptors (Lipinski definition) is 3. The van der Waals surface area contributed by atoms with Gasteiger partial charge in [0.05, 0.1) is 13.0 Å². The molecule has 0 radical (unpaired) electrons. The van der Waals surface area contributed by atoms with Crippen LogP contribution in [-0.4, -0.2) is 26.2 Å². The molecule has 3 nitrogen and oxygen atoms in total. The zero-order chi connectivity index (χ0) is 11.5. The van der Waals surface area contributed by atoms with Crippen LogP contribution in [0.1, 0.15) is 6.42 Å². The molecule has 1 atom stereocenters. The zero-order valence-electron chi connectivity index (χ0n) is 9.15. The molecule has 16 heavy (non-hydrogen) atoms. The second-order valence-electron chi connectivity index (χ2n) is 3.93. The van der Waals surface area contributed by atoms with Crippen molar-refractivity contribution >= 4 is 23.3 Å². The van der Waals surface area contributed by atoms with Crippen LogP contribution in [0.2, 0.25) is 5.02 Å². The average Bonchev–Trinajstić information content (AvgIpc) is 2.77. The Balaban J connectivity index is 2.06. The second-order valence-corrected chi connectivity index (χ2v) is 4.37. The van der Waals surface area contributed by atoms with Crippen molar-refractivity contribution in [3.05, 3.63) is 29.3 Å². The van der Waals surface area contributed by atoms with E-state index in [9.17, 15) is 4.79 Å². The Bertz CT molecular complexity index is 394. The topological polar surface area (TPSA) is 29.5 Å². The summed E-state index contributed by atoms with van der Waals surface area (Å²) >= 11 is 5.93. The van der Waals surface area contributed by atoms with Crippen LogP contribution in [0.15, 0.2) is 24.3 Å². The van der Waals surface area contributed by atoms with Crippen LogP contribution >= 0.6 is 11.6 Å². The molecule has 0 N–H and O–H groups in total. The van der Waals surface area contributed by atoms with Gasteiger partial charge in [-0.15, -0.1) is 0 Å². The second kappa shape index (κ2) is 4.74. The van der Waals surface area contributed by atoms with Gasteiger partial charge in [-0.05, 0) is 24.6 Å². The maximum atomic E-state index is 11.4. The van der Waals surface area contributed by atoms with Crippen LogP contribution in [-0.2, 0) is 9.53 Å². The lowest BCUT2D eigenvalue weighted by molar-refractivity contribution is -0.144. The number of esters is 1. The van der Waals surface area contributed by atoms with Crippen molar-refractivity contribution in [1.29, 1.82) is 0 Å². The lowest BCUT2D eigenvalue weighted by atomic mass is 10.1. The van der Waals surface area contributed by atoms with Crippen molar-refractivity contribution in [3.8, 4) is 0 Å². The lowest BCUT2D eigenvalue weighted by Crippen LogP contribution is -2.23. The molecule has 86 valence electrons. The van der Waals surface area contributed by atoms with E-state index in [-0.39, 0.29) is 11.9 Å². The fraction of sp³-hybridized carbons (Fsp3) is 0.417. The molecule has 4 heteroatoms.